The van der Waals surface area contributed by atoms with Crippen LogP contribution >= 0.6 is 0 Å². The number of carboxylic acids is 1. The van der Waals surface area contributed by atoms with Gasteiger partial charge < -0.3 is 21.1 Å². The van der Waals surface area contributed by atoms with Crippen LogP contribution in [0.2, 0.25) is 0 Å². The average molecular weight is 293 g/mol. The third kappa shape index (κ3) is 6.27. The number of urea groups is 1. The van der Waals surface area contributed by atoms with Crippen molar-refractivity contribution < 1.29 is 14.7 Å². The Balaban J connectivity index is 2.58. The molecule has 0 aliphatic heterocycles. The SMILES string of the molecule is CCCC[C@H](NC(=O)Nc1cccc(CNC)c1)C(=O)O. The fraction of sp³-hybridized carbons (Fsp3) is 0.467. The minimum absolute atomic E-state index is 0.430. The second-order valence-electron chi connectivity index (χ2n) is 4.86. The van der Waals surface area contributed by atoms with Gasteiger partial charge in [-0.1, -0.05) is 31.9 Å². The van der Waals surface area contributed by atoms with Gasteiger partial charge in [0.05, 0.1) is 0 Å². The third-order valence-corrected chi connectivity index (χ3v) is 3.02. The molecule has 116 valence electrons. The lowest BCUT2D eigenvalue weighted by Gasteiger charge is -2.15. The zero-order chi connectivity index (χ0) is 15.7. The van der Waals surface area contributed by atoms with Gasteiger partial charge in [-0.05, 0) is 31.2 Å². The molecule has 1 rings (SSSR count). The number of hydrogen-bond donors (Lipinski definition) is 4. The molecule has 0 fully saturated rings. The van der Waals surface area contributed by atoms with E-state index in [1.807, 2.05) is 32.2 Å². The second kappa shape index (κ2) is 8.97. The predicted molar refractivity (Wildman–Crippen MR) is 82.3 cm³/mol. The lowest BCUT2D eigenvalue weighted by Crippen LogP contribution is -2.42. The molecule has 1 aromatic carbocycles. The summed E-state index contributed by atoms with van der Waals surface area (Å²) in [5, 5.41) is 17.3. The monoisotopic (exact) mass is 293 g/mol. The molecule has 2 amide bonds. The topological polar surface area (TPSA) is 90.5 Å². The van der Waals surface area contributed by atoms with Gasteiger partial charge in [-0.25, -0.2) is 9.59 Å². The lowest BCUT2D eigenvalue weighted by atomic mass is 10.1. The highest BCUT2D eigenvalue weighted by Crippen LogP contribution is 2.10. The normalized spacial score (nSPS) is 11.7. The number of carboxylic acid groups (broad SMARTS) is 1. The van der Waals surface area contributed by atoms with Crippen molar-refractivity contribution in [3.05, 3.63) is 29.8 Å². The summed E-state index contributed by atoms with van der Waals surface area (Å²) in [5.74, 6) is -1.01. The van der Waals surface area contributed by atoms with E-state index in [4.69, 9.17) is 5.11 Å². The number of carbonyl (C=O) groups is 2. The Bertz CT molecular complexity index is 477. The van der Waals surface area contributed by atoms with Crippen LogP contribution in [-0.2, 0) is 11.3 Å². The Morgan fingerprint density at radius 2 is 2.10 bits per heavy atom. The zero-order valence-electron chi connectivity index (χ0n) is 12.5. The molecule has 0 saturated heterocycles. The summed E-state index contributed by atoms with van der Waals surface area (Å²) in [7, 11) is 1.85. The van der Waals surface area contributed by atoms with E-state index >= 15 is 0 Å². The molecule has 0 aromatic heterocycles. The molecule has 0 heterocycles. The maximum Gasteiger partial charge on any atom is 0.326 e. The van der Waals surface area contributed by atoms with Crippen LogP contribution in [0.15, 0.2) is 24.3 Å². The molecule has 1 atom stereocenters. The quantitative estimate of drug-likeness (QED) is 0.591. The number of rotatable bonds is 8. The molecule has 21 heavy (non-hydrogen) atoms. The number of amides is 2. The van der Waals surface area contributed by atoms with E-state index in [-0.39, 0.29) is 0 Å². The number of carbonyl (C=O) groups excluding carboxylic acids is 1. The fourth-order valence-electron chi connectivity index (χ4n) is 1.95. The van der Waals surface area contributed by atoms with Crippen molar-refractivity contribution in [2.24, 2.45) is 0 Å². The zero-order valence-corrected chi connectivity index (χ0v) is 12.5. The fourth-order valence-corrected chi connectivity index (χ4v) is 1.95. The van der Waals surface area contributed by atoms with Crippen LogP contribution in [-0.4, -0.2) is 30.2 Å². The highest BCUT2D eigenvalue weighted by atomic mass is 16.4. The molecule has 0 unspecified atom stereocenters. The highest BCUT2D eigenvalue weighted by molar-refractivity contribution is 5.92. The molecule has 0 saturated carbocycles. The van der Waals surface area contributed by atoms with Crippen molar-refractivity contribution >= 4 is 17.7 Å². The molecule has 6 nitrogen and oxygen atoms in total. The molecule has 4 N–H and O–H groups in total. The molecule has 0 aliphatic rings. The molecule has 0 aliphatic carbocycles. The third-order valence-electron chi connectivity index (χ3n) is 3.02. The van der Waals surface area contributed by atoms with Gasteiger partial charge >= 0.3 is 12.0 Å². The van der Waals surface area contributed by atoms with Gasteiger partial charge in [0.15, 0.2) is 0 Å². The van der Waals surface area contributed by atoms with Crippen LogP contribution in [0, 0.1) is 0 Å². The molecule has 1 aromatic rings. The van der Waals surface area contributed by atoms with Crippen LogP contribution in [0.3, 0.4) is 0 Å². The molecule has 6 heteroatoms. The van der Waals surface area contributed by atoms with E-state index in [9.17, 15) is 9.59 Å². The van der Waals surface area contributed by atoms with Gasteiger partial charge in [0, 0.05) is 12.2 Å². The second-order valence-corrected chi connectivity index (χ2v) is 4.86. The standard InChI is InChI=1S/C15H23N3O3/c1-3-4-8-13(14(19)20)18-15(21)17-12-7-5-6-11(9-12)10-16-2/h5-7,9,13,16H,3-4,8,10H2,1-2H3,(H,19,20)(H2,17,18,21)/t13-/m0/s1. The summed E-state index contributed by atoms with van der Waals surface area (Å²) < 4.78 is 0. The Labute approximate surface area is 124 Å². The minimum Gasteiger partial charge on any atom is -0.480 e. The van der Waals surface area contributed by atoms with Gasteiger partial charge in [0.25, 0.3) is 0 Å². The van der Waals surface area contributed by atoms with Crippen LogP contribution in [0.4, 0.5) is 10.5 Å². The number of unbranched alkanes of at least 4 members (excludes halogenated alkanes) is 1. The average Bonchev–Trinajstić information content (AvgIpc) is 2.44. The van der Waals surface area contributed by atoms with Gasteiger partial charge in [-0.2, -0.15) is 0 Å². The van der Waals surface area contributed by atoms with Crippen molar-refractivity contribution in [2.45, 2.75) is 38.8 Å². The Kier molecular flexibility index (Phi) is 7.25. The number of aliphatic carboxylic acids is 1. The van der Waals surface area contributed by atoms with Gasteiger partial charge in [0.2, 0.25) is 0 Å². The highest BCUT2D eigenvalue weighted by Gasteiger charge is 2.19. The van der Waals surface area contributed by atoms with Crippen molar-refractivity contribution in [2.75, 3.05) is 12.4 Å². The summed E-state index contributed by atoms with van der Waals surface area (Å²) >= 11 is 0. The smallest absolute Gasteiger partial charge is 0.326 e. The van der Waals surface area contributed by atoms with E-state index in [1.165, 1.54) is 0 Å². The largest absolute Gasteiger partial charge is 0.480 e. The van der Waals surface area contributed by atoms with Crippen LogP contribution in [0.25, 0.3) is 0 Å². The summed E-state index contributed by atoms with van der Waals surface area (Å²) in [6.45, 7) is 2.68. The van der Waals surface area contributed by atoms with Crippen molar-refractivity contribution in [1.29, 1.82) is 0 Å². The Morgan fingerprint density at radius 1 is 1.33 bits per heavy atom. The molecule has 0 radical (unpaired) electrons. The van der Waals surface area contributed by atoms with Crippen LogP contribution in [0.5, 0.6) is 0 Å². The van der Waals surface area contributed by atoms with E-state index in [0.29, 0.717) is 18.7 Å². The maximum atomic E-state index is 11.9. The molecule has 0 spiro atoms. The van der Waals surface area contributed by atoms with Crippen LogP contribution < -0.4 is 16.0 Å². The first-order valence-electron chi connectivity index (χ1n) is 7.10. The molecular formula is C15H23N3O3. The van der Waals surface area contributed by atoms with Gasteiger partial charge in [0.1, 0.15) is 6.04 Å². The summed E-state index contributed by atoms with van der Waals surface area (Å²) in [5.41, 5.74) is 1.68. The van der Waals surface area contributed by atoms with Crippen molar-refractivity contribution in [1.82, 2.24) is 10.6 Å². The van der Waals surface area contributed by atoms with Gasteiger partial charge in [-0.15, -0.1) is 0 Å². The van der Waals surface area contributed by atoms with E-state index in [1.54, 1.807) is 6.07 Å². The van der Waals surface area contributed by atoms with Crippen molar-refractivity contribution in [3.63, 3.8) is 0 Å². The van der Waals surface area contributed by atoms with Crippen molar-refractivity contribution in [3.8, 4) is 0 Å². The lowest BCUT2D eigenvalue weighted by molar-refractivity contribution is -0.139. The first-order valence-corrected chi connectivity index (χ1v) is 7.10. The summed E-state index contributed by atoms with van der Waals surface area (Å²) in [4.78, 5) is 22.9. The van der Waals surface area contributed by atoms with E-state index in [0.717, 1.165) is 18.4 Å². The Hall–Kier alpha value is -2.08. The first kappa shape index (κ1) is 17.0. The predicted octanol–water partition coefficient (Wildman–Crippen LogP) is 2.17. The van der Waals surface area contributed by atoms with E-state index in [2.05, 4.69) is 16.0 Å². The van der Waals surface area contributed by atoms with Gasteiger partial charge in [-0.3, -0.25) is 0 Å². The van der Waals surface area contributed by atoms with E-state index < -0.39 is 18.0 Å². The first-order chi connectivity index (χ1) is 10.1. The minimum atomic E-state index is -1.01. The molecule has 0 bridgehead atoms. The number of anilines is 1. The molecular weight excluding hydrogens is 270 g/mol. The number of nitrogens with one attached hydrogen (secondary N) is 3. The maximum absolute atomic E-state index is 11.9. The Morgan fingerprint density at radius 3 is 2.71 bits per heavy atom. The summed E-state index contributed by atoms with van der Waals surface area (Å²) in [6.07, 6.45) is 2.08. The number of hydrogen-bond acceptors (Lipinski definition) is 3. The number of benzene rings is 1. The summed E-state index contributed by atoms with van der Waals surface area (Å²) in [6, 6.07) is 6.04. The van der Waals surface area contributed by atoms with Crippen LogP contribution in [0.1, 0.15) is 31.7 Å².